The average molecular weight is 179 g/mol. The van der Waals surface area contributed by atoms with E-state index in [1.807, 2.05) is 6.92 Å². The van der Waals surface area contributed by atoms with Crippen molar-refractivity contribution in [3.63, 3.8) is 0 Å². The molecule has 0 bridgehead atoms. The minimum atomic E-state index is 0.0526. The van der Waals surface area contributed by atoms with Gasteiger partial charge in [0.2, 0.25) is 0 Å². The first-order chi connectivity index (χ1) is 6.16. The van der Waals surface area contributed by atoms with Crippen LogP contribution >= 0.6 is 0 Å². The predicted molar refractivity (Wildman–Crippen MR) is 51.8 cm³/mol. The molecule has 3 heteroatoms. The Morgan fingerprint density at radius 3 is 2.77 bits per heavy atom. The number of aromatic hydroxyl groups is 1. The molecule has 13 heavy (non-hydrogen) atoms. The maximum absolute atomic E-state index is 9.62. The van der Waals surface area contributed by atoms with E-state index in [1.54, 1.807) is 25.1 Å². The second kappa shape index (κ2) is 3.94. The average Bonchev–Trinajstić information content (AvgIpc) is 2.08. The largest absolute Gasteiger partial charge is 0.504 e. The van der Waals surface area contributed by atoms with Gasteiger partial charge in [-0.15, -0.1) is 0 Å². The highest BCUT2D eigenvalue weighted by Crippen LogP contribution is 2.29. The third-order valence-corrected chi connectivity index (χ3v) is 1.70. The maximum Gasteiger partial charge on any atom is 0.166 e. The topological polar surface area (TPSA) is 53.3 Å². The van der Waals surface area contributed by atoms with Gasteiger partial charge in [0.25, 0.3) is 0 Å². The summed E-state index contributed by atoms with van der Waals surface area (Å²) in [5.74, 6) is 0.489. The normalized spacial score (nSPS) is 9.69. The van der Waals surface area contributed by atoms with Gasteiger partial charge in [0.1, 0.15) is 0 Å². The third-order valence-electron chi connectivity index (χ3n) is 1.70. The summed E-state index contributed by atoms with van der Waals surface area (Å²) in [5.41, 5.74) is 0.852. The van der Waals surface area contributed by atoms with E-state index in [4.69, 9.17) is 10.1 Å². The van der Waals surface area contributed by atoms with E-state index < -0.39 is 0 Å². The first-order valence-corrected chi connectivity index (χ1v) is 4.17. The van der Waals surface area contributed by atoms with Crippen molar-refractivity contribution in [1.29, 1.82) is 5.41 Å². The van der Waals surface area contributed by atoms with Crippen molar-refractivity contribution in [2.75, 3.05) is 6.61 Å². The number of hydrogen-bond donors (Lipinski definition) is 2. The van der Waals surface area contributed by atoms with Gasteiger partial charge in [-0.3, -0.25) is 0 Å². The van der Waals surface area contributed by atoms with Crippen LogP contribution in [0.5, 0.6) is 11.5 Å². The summed E-state index contributed by atoms with van der Waals surface area (Å²) < 4.78 is 5.18. The molecule has 1 aromatic rings. The Hall–Kier alpha value is -1.51. The molecule has 0 atom stereocenters. The minimum absolute atomic E-state index is 0.0526. The molecular formula is C10H13NO2. The van der Waals surface area contributed by atoms with E-state index >= 15 is 0 Å². The number of rotatable bonds is 3. The molecule has 1 rings (SSSR count). The standard InChI is InChI=1S/C10H13NO2/c1-3-13-9-6-4-5-8(7(2)11)10(9)12/h4-6,11-12H,3H2,1-2H3. The van der Waals surface area contributed by atoms with Gasteiger partial charge in [0, 0.05) is 11.3 Å². The quantitative estimate of drug-likeness (QED) is 0.699. The lowest BCUT2D eigenvalue weighted by atomic mass is 10.1. The molecule has 0 aliphatic carbocycles. The molecular weight excluding hydrogens is 166 g/mol. The monoisotopic (exact) mass is 179 g/mol. The number of nitrogens with one attached hydrogen (secondary N) is 1. The Morgan fingerprint density at radius 1 is 1.54 bits per heavy atom. The van der Waals surface area contributed by atoms with E-state index in [-0.39, 0.29) is 5.75 Å². The molecule has 0 saturated carbocycles. The van der Waals surface area contributed by atoms with Crippen LogP contribution in [0, 0.1) is 5.41 Å². The molecule has 0 unspecified atom stereocenters. The van der Waals surface area contributed by atoms with E-state index in [2.05, 4.69) is 0 Å². The van der Waals surface area contributed by atoms with Gasteiger partial charge in [-0.2, -0.15) is 0 Å². The van der Waals surface area contributed by atoms with Crippen LogP contribution in [0.25, 0.3) is 0 Å². The van der Waals surface area contributed by atoms with Crippen molar-refractivity contribution < 1.29 is 9.84 Å². The minimum Gasteiger partial charge on any atom is -0.504 e. The summed E-state index contributed by atoms with van der Waals surface area (Å²) in [6.45, 7) is 3.99. The fraction of sp³-hybridized carbons (Fsp3) is 0.300. The molecule has 70 valence electrons. The molecule has 0 saturated heterocycles. The van der Waals surface area contributed by atoms with Crippen molar-refractivity contribution in [2.24, 2.45) is 0 Å². The van der Waals surface area contributed by atoms with Gasteiger partial charge in [-0.25, -0.2) is 0 Å². The molecule has 0 spiro atoms. The highest BCUT2D eigenvalue weighted by molar-refractivity contribution is 5.99. The second-order valence-corrected chi connectivity index (χ2v) is 2.71. The van der Waals surface area contributed by atoms with E-state index in [9.17, 15) is 5.11 Å². The molecule has 1 aromatic carbocycles. The molecule has 0 radical (unpaired) electrons. The lowest BCUT2D eigenvalue weighted by molar-refractivity contribution is 0.318. The van der Waals surface area contributed by atoms with Crippen LogP contribution < -0.4 is 4.74 Å². The van der Waals surface area contributed by atoms with Crippen LogP contribution in [0.3, 0.4) is 0 Å². The molecule has 0 aliphatic heterocycles. The summed E-state index contributed by atoms with van der Waals surface area (Å²) in [6, 6.07) is 5.14. The van der Waals surface area contributed by atoms with E-state index in [1.165, 1.54) is 0 Å². The van der Waals surface area contributed by atoms with Crippen LogP contribution in [-0.4, -0.2) is 17.4 Å². The third kappa shape index (κ3) is 1.99. The zero-order chi connectivity index (χ0) is 9.84. The van der Waals surface area contributed by atoms with Crippen molar-refractivity contribution in [3.05, 3.63) is 23.8 Å². The predicted octanol–water partition coefficient (Wildman–Crippen LogP) is 2.18. The van der Waals surface area contributed by atoms with Gasteiger partial charge >= 0.3 is 0 Å². The maximum atomic E-state index is 9.62. The SMILES string of the molecule is CCOc1cccc(C(C)=N)c1O. The van der Waals surface area contributed by atoms with Crippen LogP contribution in [0.15, 0.2) is 18.2 Å². The summed E-state index contributed by atoms with van der Waals surface area (Å²) in [7, 11) is 0. The smallest absolute Gasteiger partial charge is 0.166 e. The van der Waals surface area contributed by atoms with Gasteiger partial charge in [0.15, 0.2) is 11.5 Å². The number of ether oxygens (including phenoxy) is 1. The second-order valence-electron chi connectivity index (χ2n) is 2.71. The molecule has 0 fully saturated rings. The molecule has 3 nitrogen and oxygen atoms in total. The van der Waals surface area contributed by atoms with Crippen LogP contribution in [0.1, 0.15) is 19.4 Å². The number of benzene rings is 1. The number of phenols is 1. The van der Waals surface area contributed by atoms with E-state index in [0.717, 1.165) is 0 Å². The summed E-state index contributed by atoms with van der Waals surface area (Å²) in [5, 5.41) is 17.0. The van der Waals surface area contributed by atoms with Gasteiger partial charge < -0.3 is 15.3 Å². The van der Waals surface area contributed by atoms with Crippen molar-refractivity contribution in [1.82, 2.24) is 0 Å². The molecule has 0 amide bonds. The summed E-state index contributed by atoms with van der Waals surface area (Å²) >= 11 is 0. The van der Waals surface area contributed by atoms with Crippen molar-refractivity contribution in [2.45, 2.75) is 13.8 Å². The highest BCUT2D eigenvalue weighted by atomic mass is 16.5. The number of hydrogen-bond acceptors (Lipinski definition) is 3. The Labute approximate surface area is 77.5 Å². The van der Waals surface area contributed by atoms with Crippen molar-refractivity contribution >= 4 is 5.71 Å². The van der Waals surface area contributed by atoms with Crippen LogP contribution in [-0.2, 0) is 0 Å². The summed E-state index contributed by atoms with van der Waals surface area (Å²) in [4.78, 5) is 0. The zero-order valence-corrected chi connectivity index (χ0v) is 7.79. The first kappa shape index (κ1) is 9.58. The fourth-order valence-electron chi connectivity index (χ4n) is 1.10. The molecule has 0 heterocycles. The van der Waals surface area contributed by atoms with Crippen LogP contribution in [0.2, 0.25) is 0 Å². The fourth-order valence-corrected chi connectivity index (χ4v) is 1.10. The molecule has 0 aliphatic rings. The molecule has 2 N–H and O–H groups in total. The van der Waals surface area contributed by atoms with E-state index in [0.29, 0.717) is 23.6 Å². The van der Waals surface area contributed by atoms with Gasteiger partial charge in [0.05, 0.1) is 6.61 Å². The Balaban J connectivity index is 3.10. The van der Waals surface area contributed by atoms with Gasteiger partial charge in [-0.1, -0.05) is 6.07 Å². The van der Waals surface area contributed by atoms with Crippen LogP contribution in [0.4, 0.5) is 0 Å². The zero-order valence-electron chi connectivity index (χ0n) is 7.79. The molecule has 0 aromatic heterocycles. The Bertz CT molecular complexity index is 321. The lowest BCUT2D eigenvalue weighted by Gasteiger charge is -2.08. The Kier molecular flexibility index (Phi) is 2.90. The first-order valence-electron chi connectivity index (χ1n) is 4.17. The van der Waals surface area contributed by atoms with Gasteiger partial charge in [-0.05, 0) is 26.0 Å². The lowest BCUT2D eigenvalue weighted by Crippen LogP contribution is -1.97. The number of phenolic OH excluding ortho intramolecular Hbond substituents is 1. The number of para-hydroxylation sites is 1. The Morgan fingerprint density at radius 2 is 2.23 bits per heavy atom. The summed E-state index contributed by atoms with van der Waals surface area (Å²) in [6.07, 6.45) is 0. The highest BCUT2D eigenvalue weighted by Gasteiger charge is 2.08. The van der Waals surface area contributed by atoms with Crippen molar-refractivity contribution in [3.8, 4) is 11.5 Å².